The molecule has 3 aromatic rings. The van der Waals surface area contributed by atoms with Crippen molar-refractivity contribution in [2.75, 3.05) is 0 Å². The van der Waals surface area contributed by atoms with Crippen LogP contribution in [0, 0.1) is 20.8 Å². The van der Waals surface area contributed by atoms with Gasteiger partial charge in [-0.25, -0.2) is 0 Å². The molecule has 0 bridgehead atoms. The molecule has 0 radical (unpaired) electrons. The fraction of sp³-hybridized carbons (Fsp3) is 0.391. The van der Waals surface area contributed by atoms with E-state index in [0.29, 0.717) is 0 Å². The van der Waals surface area contributed by atoms with Crippen LogP contribution in [-0.2, 0) is 18.2 Å². The summed E-state index contributed by atoms with van der Waals surface area (Å²) in [7, 11) is 2.05. The van der Waals surface area contributed by atoms with E-state index in [1.807, 2.05) is 13.1 Å². The van der Waals surface area contributed by atoms with Gasteiger partial charge in [0.2, 0.25) is 0 Å². The third-order valence-electron chi connectivity index (χ3n) is 5.13. The van der Waals surface area contributed by atoms with Crippen molar-refractivity contribution in [2.24, 2.45) is 7.05 Å². The van der Waals surface area contributed by atoms with Crippen LogP contribution in [0.25, 0.3) is 11.4 Å². The normalized spacial score (nSPS) is 11.8. The Kier molecular flexibility index (Phi) is 5.48. The summed E-state index contributed by atoms with van der Waals surface area (Å²) in [5.41, 5.74) is 8.03. The molecule has 1 aromatic heterocycles. The van der Waals surface area contributed by atoms with Crippen LogP contribution in [0.2, 0.25) is 0 Å². The predicted octanol–water partition coefficient (Wildman–Crippen LogP) is 6.00. The molecule has 0 saturated carbocycles. The molecule has 0 amide bonds. The molecule has 0 spiro atoms. The predicted molar refractivity (Wildman–Crippen MR) is 115 cm³/mol. The maximum Gasteiger partial charge on any atom is 0.191 e. The average molecular weight is 380 g/mol. The molecule has 142 valence electrons. The molecular formula is C23H29N3S. The Morgan fingerprint density at radius 3 is 2.15 bits per heavy atom. The van der Waals surface area contributed by atoms with Crippen molar-refractivity contribution in [3.05, 3.63) is 64.2 Å². The van der Waals surface area contributed by atoms with E-state index in [2.05, 4.69) is 86.6 Å². The molecule has 0 aliphatic rings. The van der Waals surface area contributed by atoms with E-state index in [0.717, 1.165) is 22.3 Å². The topological polar surface area (TPSA) is 30.7 Å². The van der Waals surface area contributed by atoms with Gasteiger partial charge in [-0.2, -0.15) is 0 Å². The summed E-state index contributed by atoms with van der Waals surface area (Å²) in [6, 6.07) is 13.0. The molecule has 0 aliphatic heterocycles. The summed E-state index contributed by atoms with van der Waals surface area (Å²) in [6.45, 7) is 13.3. The molecule has 3 rings (SSSR count). The maximum absolute atomic E-state index is 4.44. The molecule has 0 atom stereocenters. The van der Waals surface area contributed by atoms with Gasteiger partial charge in [-0.1, -0.05) is 68.9 Å². The van der Waals surface area contributed by atoms with Gasteiger partial charge in [0, 0.05) is 18.4 Å². The van der Waals surface area contributed by atoms with Crippen molar-refractivity contribution in [2.45, 2.75) is 57.9 Å². The summed E-state index contributed by atoms with van der Waals surface area (Å²) in [5.74, 6) is 1.83. The van der Waals surface area contributed by atoms with Crippen LogP contribution in [0.1, 0.15) is 48.6 Å². The molecule has 0 N–H and O–H groups in total. The molecule has 3 nitrogen and oxygen atoms in total. The van der Waals surface area contributed by atoms with Gasteiger partial charge < -0.3 is 4.57 Å². The van der Waals surface area contributed by atoms with Crippen molar-refractivity contribution in [3.63, 3.8) is 0 Å². The minimum atomic E-state index is 0.174. The van der Waals surface area contributed by atoms with Gasteiger partial charge in [0.15, 0.2) is 11.0 Å². The SMILES string of the molecule is Cc1ccccc1-c1nnc(SCc2c(C)cc(C(C)(C)C)cc2C)n1C. The van der Waals surface area contributed by atoms with Crippen molar-refractivity contribution in [1.29, 1.82) is 0 Å². The molecular weight excluding hydrogens is 350 g/mol. The highest BCUT2D eigenvalue weighted by Crippen LogP contribution is 2.31. The fourth-order valence-corrected chi connectivity index (χ4v) is 4.40. The third kappa shape index (κ3) is 4.11. The Hall–Kier alpha value is -2.07. The van der Waals surface area contributed by atoms with Gasteiger partial charge >= 0.3 is 0 Å². The van der Waals surface area contributed by atoms with Crippen LogP contribution < -0.4 is 0 Å². The summed E-state index contributed by atoms with van der Waals surface area (Å²) in [6.07, 6.45) is 0. The van der Waals surface area contributed by atoms with E-state index in [1.165, 1.54) is 27.8 Å². The number of aryl methyl sites for hydroxylation is 3. The maximum atomic E-state index is 4.44. The highest BCUT2D eigenvalue weighted by atomic mass is 32.2. The van der Waals surface area contributed by atoms with E-state index in [4.69, 9.17) is 0 Å². The van der Waals surface area contributed by atoms with Crippen molar-refractivity contribution in [3.8, 4) is 11.4 Å². The molecule has 0 fully saturated rings. The number of nitrogens with zero attached hydrogens (tertiary/aromatic N) is 3. The Bertz CT molecular complexity index is 941. The number of rotatable bonds is 4. The van der Waals surface area contributed by atoms with Gasteiger partial charge in [0.05, 0.1) is 0 Å². The van der Waals surface area contributed by atoms with Gasteiger partial charge in [0.1, 0.15) is 0 Å². The van der Waals surface area contributed by atoms with Gasteiger partial charge in [-0.05, 0) is 54.0 Å². The van der Waals surface area contributed by atoms with E-state index < -0.39 is 0 Å². The van der Waals surface area contributed by atoms with Crippen molar-refractivity contribution in [1.82, 2.24) is 14.8 Å². The zero-order valence-electron chi connectivity index (χ0n) is 17.4. The van der Waals surface area contributed by atoms with Crippen LogP contribution in [0.4, 0.5) is 0 Å². The number of benzene rings is 2. The molecule has 2 aromatic carbocycles. The zero-order valence-corrected chi connectivity index (χ0v) is 18.2. The van der Waals surface area contributed by atoms with Crippen LogP contribution in [0.3, 0.4) is 0 Å². The quantitative estimate of drug-likeness (QED) is 0.521. The molecule has 4 heteroatoms. The lowest BCUT2D eigenvalue weighted by molar-refractivity contribution is 0.589. The van der Waals surface area contributed by atoms with E-state index in [9.17, 15) is 0 Å². The average Bonchev–Trinajstić information content (AvgIpc) is 2.94. The summed E-state index contributed by atoms with van der Waals surface area (Å²) in [5, 5.41) is 9.83. The Morgan fingerprint density at radius 1 is 0.926 bits per heavy atom. The lowest BCUT2D eigenvalue weighted by Gasteiger charge is -2.22. The number of hydrogen-bond donors (Lipinski definition) is 0. The van der Waals surface area contributed by atoms with E-state index in [-0.39, 0.29) is 5.41 Å². The highest BCUT2D eigenvalue weighted by Gasteiger charge is 2.17. The Morgan fingerprint density at radius 2 is 1.56 bits per heavy atom. The first kappa shape index (κ1) is 19.7. The number of aromatic nitrogens is 3. The molecule has 27 heavy (non-hydrogen) atoms. The monoisotopic (exact) mass is 379 g/mol. The van der Waals surface area contributed by atoms with Crippen LogP contribution in [-0.4, -0.2) is 14.8 Å². The highest BCUT2D eigenvalue weighted by molar-refractivity contribution is 7.98. The standard InChI is InChI=1S/C23H29N3S/c1-15-10-8-9-11-19(15)21-24-25-22(26(21)7)27-14-20-16(2)12-18(13-17(20)3)23(4,5)6/h8-13H,14H2,1-7H3. The Balaban J connectivity index is 1.84. The van der Waals surface area contributed by atoms with Crippen LogP contribution in [0.5, 0.6) is 0 Å². The van der Waals surface area contributed by atoms with Crippen molar-refractivity contribution < 1.29 is 0 Å². The molecule has 0 aliphatic carbocycles. The second-order valence-electron chi connectivity index (χ2n) is 8.31. The molecule has 0 unspecified atom stereocenters. The zero-order chi connectivity index (χ0) is 19.8. The fourth-order valence-electron chi connectivity index (χ4n) is 3.29. The molecule has 1 heterocycles. The van der Waals surface area contributed by atoms with Crippen LogP contribution in [0.15, 0.2) is 41.6 Å². The van der Waals surface area contributed by atoms with Gasteiger partial charge in [-0.3, -0.25) is 0 Å². The number of thioether (sulfide) groups is 1. The second-order valence-corrected chi connectivity index (χ2v) is 9.25. The van der Waals surface area contributed by atoms with E-state index >= 15 is 0 Å². The molecule has 0 saturated heterocycles. The Labute approximate surface area is 167 Å². The lowest BCUT2D eigenvalue weighted by atomic mass is 9.84. The van der Waals surface area contributed by atoms with Crippen LogP contribution >= 0.6 is 11.8 Å². The van der Waals surface area contributed by atoms with Gasteiger partial charge in [-0.15, -0.1) is 10.2 Å². The summed E-state index contributed by atoms with van der Waals surface area (Å²) < 4.78 is 2.10. The summed E-state index contributed by atoms with van der Waals surface area (Å²) >= 11 is 1.75. The minimum absolute atomic E-state index is 0.174. The van der Waals surface area contributed by atoms with Gasteiger partial charge in [0.25, 0.3) is 0 Å². The first-order valence-corrected chi connectivity index (χ1v) is 10.4. The summed E-state index contributed by atoms with van der Waals surface area (Å²) in [4.78, 5) is 0. The van der Waals surface area contributed by atoms with E-state index in [1.54, 1.807) is 11.8 Å². The lowest BCUT2D eigenvalue weighted by Crippen LogP contribution is -2.12. The van der Waals surface area contributed by atoms with Crippen molar-refractivity contribution >= 4 is 11.8 Å². The smallest absolute Gasteiger partial charge is 0.191 e. The first-order chi connectivity index (χ1) is 12.7. The number of hydrogen-bond acceptors (Lipinski definition) is 3. The minimum Gasteiger partial charge on any atom is -0.305 e. The second kappa shape index (κ2) is 7.51. The largest absolute Gasteiger partial charge is 0.305 e. The third-order valence-corrected chi connectivity index (χ3v) is 6.18. The first-order valence-electron chi connectivity index (χ1n) is 9.37.